The van der Waals surface area contributed by atoms with Crippen LogP contribution in [0.25, 0.3) is 11.4 Å². The number of halogens is 1. The van der Waals surface area contributed by atoms with Gasteiger partial charge in [0.15, 0.2) is 0 Å². The maximum atomic E-state index is 12.3. The molecule has 1 N–H and O–H groups in total. The first-order valence-electron chi connectivity index (χ1n) is 11.5. The van der Waals surface area contributed by atoms with Crippen LogP contribution in [0.2, 0.25) is 0 Å². The van der Waals surface area contributed by atoms with Crippen LogP contribution in [-0.4, -0.2) is 68.4 Å². The molecule has 0 bridgehead atoms. The van der Waals surface area contributed by atoms with Crippen LogP contribution >= 0.6 is 0 Å². The predicted molar refractivity (Wildman–Crippen MR) is 121 cm³/mol. The molecule has 10 nitrogen and oxygen atoms in total. The molecule has 3 rings (SSSR count). The molecule has 2 aromatic heterocycles. The molecule has 2 aromatic rings. The number of ether oxygens (including phenoxy) is 2. The average Bonchev–Trinajstić information content (AvgIpc) is 3.19. The largest absolute Gasteiger partial charge is 0.489 e. The third kappa shape index (κ3) is 6.42. The Kier molecular flexibility index (Phi) is 8.78. The fourth-order valence-corrected chi connectivity index (χ4v) is 3.97. The lowest BCUT2D eigenvalue weighted by atomic mass is 9.87. The molecule has 0 unspecified atom stereocenters. The summed E-state index contributed by atoms with van der Waals surface area (Å²) in [6.45, 7) is 1.78. The number of hydrogen-bond donors (Lipinski definition) is 1. The molecule has 186 valence electrons. The van der Waals surface area contributed by atoms with Crippen LogP contribution in [-0.2, 0) is 23.2 Å². The first-order valence-corrected chi connectivity index (χ1v) is 11.5. The van der Waals surface area contributed by atoms with Gasteiger partial charge in [0, 0.05) is 20.6 Å². The van der Waals surface area contributed by atoms with E-state index in [0.29, 0.717) is 60.8 Å². The van der Waals surface area contributed by atoms with Crippen molar-refractivity contribution >= 4 is 12.1 Å². The number of nitrogens with zero attached hydrogens (tertiary/aromatic N) is 5. The van der Waals surface area contributed by atoms with Crippen LogP contribution in [0.5, 0.6) is 5.75 Å². The molecular weight excluding hydrogens is 445 g/mol. The summed E-state index contributed by atoms with van der Waals surface area (Å²) in [6.07, 6.45) is 3.10. The summed E-state index contributed by atoms with van der Waals surface area (Å²) in [4.78, 5) is 29.6. The van der Waals surface area contributed by atoms with Gasteiger partial charge in [-0.1, -0.05) is 5.21 Å². The van der Waals surface area contributed by atoms with Gasteiger partial charge in [-0.15, -0.1) is 5.10 Å². The number of rotatable bonds is 10. The van der Waals surface area contributed by atoms with Crippen LogP contribution in [0.1, 0.15) is 49.9 Å². The van der Waals surface area contributed by atoms with E-state index in [-0.39, 0.29) is 18.6 Å². The van der Waals surface area contributed by atoms with Crippen molar-refractivity contribution in [3.8, 4) is 17.1 Å². The molecule has 1 aliphatic carbocycles. The van der Waals surface area contributed by atoms with Crippen molar-refractivity contribution in [2.45, 2.75) is 58.2 Å². The lowest BCUT2D eigenvalue weighted by molar-refractivity contribution is -0.143. The Bertz CT molecular complexity index is 998. The number of carboxylic acids is 1. The minimum atomic E-state index is -0.777. The van der Waals surface area contributed by atoms with Crippen LogP contribution in [0.4, 0.5) is 9.18 Å². The number of carbonyl (C=O) groups excluding carboxylic acids is 1. The Labute approximate surface area is 198 Å². The fourth-order valence-electron chi connectivity index (χ4n) is 3.97. The SMILES string of the molecule is Cc1nc(-c2nnn(C)c2COC(=O)N(C)CCCCF)ccc1O[C@H]1CCC[C@H](C(=O)O)C1. The van der Waals surface area contributed by atoms with Gasteiger partial charge < -0.3 is 19.5 Å². The van der Waals surface area contributed by atoms with E-state index in [1.165, 1.54) is 9.58 Å². The van der Waals surface area contributed by atoms with E-state index in [4.69, 9.17) is 9.47 Å². The molecule has 0 spiro atoms. The summed E-state index contributed by atoms with van der Waals surface area (Å²) in [7, 11) is 3.31. The molecule has 11 heteroatoms. The highest BCUT2D eigenvalue weighted by Crippen LogP contribution is 2.30. The number of amides is 1. The minimum Gasteiger partial charge on any atom is -0.489 e. The second-order valence-corrected chi connectivity index (χ2v) is 8.60. The maximum absolute atomic E-state index is 12.3. The summed E-state index contributed by atoms with van der Waals surface area (Å²) in [5.41, 5.74) is 2.29. The zero-order chi connectivity index (χ0) is 24.7. The lowest BCUT2D eigenvalue weighted by Gasteiger charge is -2.27. The molecule has 1 saturated carbocycles. The van der Waals surface area contributed by atoms with Crippen LogP contribution < -0.4 is 4.74 Å². The number of aromatic nitrogens is 4. The molecule has 0 radical (unpaired) electrons. The first-order chi connectivity index (χ1) is 16.3. The number of pyridine rings is 1. The molecule has 34 heavy (non-hydrogen) atoms. The third-order valence-corrected chi connectivity index (χ3v) is 6.01. The van der Waals surface area contributed by atoms with E-state index in [9.17, 15) is 19.1 Å². The van der Waals surface area contributed by atoms with Crippen LogP contribution in [0.3, 0.4) is 0 Å². The number of aliphatic carboxylic acids is 1. The van der Waals surface area contributed by atoms with Gasteiger partial charge in [0.05, 0.1) is 30.1 Å². The quantitative estimate of drug-likeness (QED) is 0.516. The number of unbranched alkanes of at least 4 members (excludes halogenated alkanes) is 1. The Morgan fingerprint density at radius 3 is 2.79 bits per heavy atom. The summed E-state index contributed by atoms with van der Waals surface area (Å²) in [6, 6.07) is 3.56. The second kappa shape index (κ2) is 11.8. The summed E-state index contributed by atoms with van der Waals surface area (Å²) < 4.78 is 25.3. The van der Waals surface area contributed by atoms with Gasteiger partial charge in [-0.25, -0.2) is 14.5 Å². The molecule has 2 atom stereocenters. The van der Waals surface area contributed by atoms with Crippen molar-refractivity contribution in [2.75, 3.05) is 20.3 Å². The van der Waals surface area contributed by atoms with Gasteiger partial charge in [0.2, 0.25) is 0 Å². The zero-order valence-electron chi connectivity index (χ0n) is 19.9. The van der Waals surface area contributed by atoms with E-state index in [2.05, 4.69) is 15.3 Å². The third-order valence-electron chi connectivity index (χ3n) is 6.01. The van der Waals surface area contributed by atoms with Crippen molar-refractivity contribution in [1.82, 2.24) is 24.9 Å². The Balaban J connectivity index is 1.66. The molecule has 1 fully saturated rings. The normalized spacial score (nSPS) is 17.9. The van der Waals surface area contributed by atoms with Gasteiger partial charge in [-0.05, 0) is 57.6 Å². The van der Waals surface area contributed by atoms with Crippen molar-refractivity contribution in [1.29, 1.82) is 0 Å². The van der Waals surface area contributed by atoms with Gasteiger partial charge in [0.25, 0.3) is 0 Å². The van der Waals surface area contributed by atoms with Crippen LogP contribution in [0, 0.1) is 12.8 Å². The van der Waals surface area contributed by atoms with Crippen LogP contribution in [0.15, 0.2) is 12.1 Å². The van der Waals surface area contributed by atoms with Gasteiger partial charge >= 0.3 is 12.1 Å². The van der Waals surface area contributed by atoms with Gasteiger partial charge in [-0.2, -0.15) is 0 Å². The predicted octanol–water partition coefficient (Wildman–Crippen LogP) is 3.53. The second-order valence-electron chi connectivity index (χ2n) is 8.60. The van der Waals surface area contributed by atoms with E-state index in [1.54, 1.807) is 26.2 Å². The molecule has 1 aliphatic rings. The highest BCUT2D eigenvalue weighted by molar-refractivity contribution is 5.70. The summed E-state index contributed by atoms with van der Waals surface area (Å²) >= 11 is 0. The topological polar surface area (TPSA) is 120 Å². The maximum Gasteiger partial charge on any atom is 0.409 e. The Hall–Kier alpha value is -3.24. The first kappa shape index (κ1) is 25.4. The molecular formula is C23H32FN5O5. The molecule has 0 aliphatic heterocycles. The van der Waals surface area contributed by atoms with Crippen molar-refractivity contribution in [3.05, 3.63) is 23.5 Å². The molecule has 0 saturated heterocycles. The molecule has 2 heterocycles. The van der Waals surface area contributed by atoms with Crippen molar-refractivity contribution in [2.24, 2.45) is 13.0 Å². The summed E-state index contributed by atoms with van der Waals surface area (Å²) in [5, 5.41) is 17.5. The zero-order valence-corrected chi connectivity index (χ0v) is 19.9. The monoisotopic (exact) mass is 477 g/mol. The molecule has 0 aromatic carbocycles. The smallest absolute Gasteiger partial charge is 0.409 e. The number of carboxylic acid groups (broad SMARTS) is 1. The van der Waals surface area contributed by atoms with E-state index >= 15 is 0 Å². The summed E-state index contributed by atoms with van der Waals surface area (Å²) in [5.74, 6) is -0.550. The van der Waals surface area contributed by atoms with Crippen molar-refractivity contribution < 1.29 is 28.6 Å². The highest BCUT2D eigenvalue weighted by atomic mass is 19.1. The Morgan fingerprint density at radius 1 is 1.29 bits per heavy atom. The van der Waals surface area contributed by atoms with E-state index < -0.39 is 18.7 Å². The molecule has 1 amide bonds. The number of aryl methyl sites for hydroxylation is 2. The van der Waals surface area contributed by atoms with E-state index in [1.807, 2.05) is 6.92 Å². The lowest BCUT2D eigenvalue weighted by Crippen LogP contribution is -2.29. The number of hydrogen-bond acceptors (Lipinski definition) is 7. The number of carbonyl (C=O) groups is 2. The van der Waals surface area contributed by atoms with Crippen molar-refractivity contribution in [3.63, 3.8) is 0 Å². The van der Waals surface area contributed by atoms with E-state index in [0.717, 1.165) is 12.8 Å². The fraction of sp³-hybridized carbons (Fsp3) is 0.609. The van der Waals surface area contributed by atoms with Gasteiger partial charge in [0.1, 0.15) is 23.7 Å². The standard InChI is InChI=1S/C23H32FN5O5/c1-15-20(34-17-8-6-7-16(13-17)22(30)31)10-9-18(25-15)21-19(29(3)27-26-21)14-33-23(32)28(2)12-5-4-11-24/h9-10,16-17H,4-8,11-14H2,1-3H3,(H,30,31)/t16-,17-/m0/s1. The van der Waals surface area contributed by atoms with Gasteiger partial charge in [-0.3, -0.25) is 9.18 Å². The minimum absolute atomic E-state index is 0.0389. The number of alkyl halides is 1. The highest BCUT2D eigenvalue weighted by Gasteiger charge is 2.28. The average molecular weight is 478 g/mol. The Morgan fingerprint density at radius 2 is 2.09 bits per heavy atom.